The van der Waals surface area contributed by atoms with Crippen molar-refractivity contribution in [1.82, 2.24) is 14.1 Å². The number of nitrogens with zero attached hydrogens (tertiary/aromatic N) is 3. The number of hydrogen-bond acceptors (Lipinski definition) is 4. The van der Waals surface area contributed by atoms with Crippen molar-refractivity contribution in [1.29, 1.82) is 0 Å². The van der Waals surface area contributed by atoms with Crippen molar-refractivity contribution >= 4 is 17.5 Å². The Balaban J connectivity index is 1.92. The van der Waals surface area contributed by atoms with Crippen molar-refractivity contribution < 1.29 is 18.3 Å². The van der Waals surface area contributed by atoms with Gasteiger partial charge in [0.15, 0.2) is 5.82 Å². The molecule has 27 heavy (non-hydrogen) atoms. The second kappa shape index (κ2) is 7.32. The van der Waals surface area contributed by atoms with E-state index in [0.29, 0.717) is 5.69 Å². The lowest BCUT2D eigenvalue weighted by molar-refractivity contribution is 0.0936. The summed E-state index contributed by atoms with van der Waals surface area (Å²) in [6.07, 6.45) is 2.70. The van der Waals surface area contributed by atoms with Crippen molar-refractivity contribution in [3.05, 3.63) is 75.1 Å². The second-order valence-corrected chi connectivity index (χ2v) is 6.17. The Morgan fingerprint density at radius 1 is 1.30 bits per heavy atom. The fraction of sp³-hybridized carbons (Fsp3) is 0.167. The van der Waals surface area contributed by atoms with Crippen LogP contribution in [0.5, 0.6) is 5.75 Å². The van der Waals surface area contributed by atoms with Gasteiger partial charge in [-0.1, -0.05) is 11.6 Å². The molecule has 0 aliphatic carbocycles. The van der Waals surface area contributed by atoms with Gasteiger partial charge in [0.2, 0.25) is 5.91 Å². The third-order valence-corrected chi connectivity index (χ3v) is 4.21. The van der Waals surface area contributed by atoms with E-state index in [0.717, 1.165) is 12.1 Å². The first-order chi connectivity index (χ1) is 12.8. The predicted octanol–water partition coefficient (Wildman–Crippen LogP) is 3.51. The number of hydrogen-bond donors (Lipinski definition) is 0. The molecule has 0 saturated heterocycles. The molecule has 2 aromatic heterocycles. The summed E-state index contributed by atoms with van der Waals surface area (Å²) in [5.41, 5.74) is -0.0256. The van der Waals surface area contributed by atoms with Gasteiger partial charge in [-0.05, 0) is 19.1 Å². The van der Waals surface area contributed by atoms with Gasteiger partial charge in [-0.3, -0.25) is 18.7 Å². The molecule has 0 N–H and O–H groups in total. The van der Waals surface area contributed by atoms with Crippen molar-refractivity contribution in [2.75, 3.05) is 0 Å². The minimum atomic E-state index is -0.758. The Kier molecular flexibility index (Phi) is 5.09. The molecule has 1 aromatic carbocycles. The number of imidazole rings is 1. The molecule has 3 aromatic rings. The molecular formula is C18H14ClF2N3O3. The molecule has 140 valence electrons. The predicted molar refractivity (Wildman–Crippen MR) is 94.6 cm³/mol. The Morgan fingerprint density at radius 2 is 2.04 bits per heavy atom. The highest BCUT2D eigenvalue weighted by molar-refractivity contribution is 6.31. The zero-order valence-electron chi connectivity index (χ0n) is 14.4. The van der Waals surface area contributed by atoms with E-state index in [1.54, 1.807) is 6.92 Å². The number of carbonyl (C=O) groups is 1. The maximum Gasteiger partial charge on any atom is 0.279 e. The Hall–Kier alpha value is -3.00. The highest BCUT2D eigenvalue weighted by Gasteiger charge is 2.16. The van der Waals surface area contributed by atoms with Crippen LogP contribution >= 0.6 is 11.6 Å². The van der Waals surface area contributed by atoms with E-state index in [1.165, 1.54) is 40.7 Å². The molecule has 0 bridgehead atoms. The molecule has 0 amide bonds. The highest BCUT2D eigenvalue weighted by Crippen LogP contribution is 2.24. The van der Waals surface area contributed by atoms with Crippen LogP contribution in [-0.4, -0.2) is 20.0 Å². The third kappa shape index (κ3) is 3.75. The molecule has 0 saturated carbocycles. The van der Waals surface area contributed by atoms with Gasteiger partial charge in [0, 0.05) is 30.3 Å². The van der Waals surface area contributed by atoms with Gasteiger partial charge in [-0.15, -0.1) is 0 Å². The minimum Gasteiger partial charge on any atom is -0.487 e. The van der Waals surface area contributed by atoms with Crippen molar-refractivity contribution in [2.24, 2.45) is 0 Å². The van der Waals surface area contributed by atoms with Gasteiger partial charge in [0.25, 0.3) is 5.56 Å². The molecule has 9 heteroatoms. The Morgan fingerprint density at radius 3 is 2.67 bits per heavy atom. The van der Waals surface area contributed by atoms with Crippen LogP contribution < -0.4 is 10.3 Å². The van der Waals surface area contributed by atoms with E-state index in [4.69, 9.17) is 16.3 Å². The first-order valence-electron chi connectivity index (χ1n) is 7.82. The Labute approximate surface area is 157 Å². The summed E-state index contributed by atoms with van der Waals surface area (Å²) >= 11 is 6.11. The number of carbonyl (C=O) groups excluding carboxylic acids is 1. The smallest absolute Gasteiger partial charge is 0.279 e. The summed E-state index contributed by atoms with van der Waals surface area (Å²) in [5.74, 6) is -1.42. The van der Waals surface area contributed by atoms with Gasteiger partial charge in [0.05, 0.1) is 6.20 Å². The summed E-state index contributed by atoms with van der Waals surface area (Å²) in [6, 6.07) is 4.60. The van der Waals surface area contributed by atoms with E-state index >= 15 is 0 Å². The average Bonchev–Trinajstić information content (AvgIpc) is 3.08. The monoisotopic (exact) mass is 393 g/mol. The molecule has 0 spiro atoms. The van der Waals surface area contributed by atoms with Crippen molar-refractivity contribution in [3.8, 4) is 11.6 Å². The fourth-order valence-corrected chi connectivity index (χ4v) is 2.66. The largest absolute Gasteiger partial charge is 0.487 e. The van der Waals surface area contributed by atoms with E-state index in [-0.39, 0.29) is 34.7 Å². The van der Waals surface area contributed by atoms with E-state index in [1.807, 2.05) is 0 Å². The first-order valence-corrected chi connectivity index (χ1v) is 8.20. The van der Waals surface area contributed by atoms with E-state index < -0.39 is 17.2 Å². The minimum absolute atomic E-state index is 0.0603. The molecule has 0 aliphatic heterocycles. The topological polar surface area (TPSA) is 66.1 Å². The van der Waals surface area contributed by atoms with E-state index in [9.17, 15) is 18.4 Å². The third-order valence-electron chi connectivity index (χ3n) is 3.86. The standard InChI is InChI=1S/C18H14ClF2N3O3/c1-10-5-15(27-8-12-3-4-13(20)6-14(12)21)17(19)18(26)24(10)16-7-23(9-22-16)11(2)25/h3-7,9H,8H2,1-2H3. The van der Waals surface area contributed by atoms with Gasteiger partial charge in [-0.25, -0.2) is 13.8 Å². The first kappa shape index (κ1) is 18.8. The number of rotatable bonds is 4. The molecule has 0 fully saturated rings. The number of benzene rings is 1. The Bertz CT molecular complexity index is 1090. The van der Waals surface area contributed by atoms with Crippen molar-refractivity contribution in [3.63, 3.8) is 0 Å². The average molecular weight is 394 g/mol. The molecule has 0 radical (unpaired) electrons. The molecule has 2 heterocycles. The van der Waals surface area contributed by atoms with Crippen LogP contribution in [0.15, 0.2) is 41.6 Å². The second-order valence-electron chi connectivity index (χ2n) is 5.79. The fourth-order valence-electron chi connectivity index (χ4n) is 2.47. The molecule has 0 unspecified atom stereocenters. The lowest BCUT2D eigenvalue weighted by atomic mass is 10.2. The van der Waals surface area contributed by atoms with Crippen LogP contribution in [0, 0.1) is 18.6 Å². The van der Waals surface area contributed by atoms with Gasteiger partial charge >= 0.3 is 0 Å². The molecule has 0 atom stereocenters. The summed E-state index contributed by atoms with van der Waals surface area (Å²) in [4.78, 5) is 28.0. The highest BCUT2D eigenvalue weighted by atomic mass is 35.5. The maximum absolute atomic E-state index is 13.7. The van der Waals surface area contributed by atoms with Crippen LogP contribution in [0.4, 0.5) is 8.78 Å². The number of aryl methyl sites for hydroxylation is 1. The molecular weight excluding hydrogens is 380 g/mol. The van der Waals surface area contributed by atoms with Crippen LogP contribution in [0.1, 0.15) is 23.0 Å². The SMILES string of the molecule is CC(=O)n1cnc(-n2c(C)cc(OCc3ccc(F)cc3F)c(Cl)c2=O)c1. The zero-order chi connectivity index (χ0) is 19.7. The summed E-state index contributed by atoms with van der Waals surface area (Å²) in [7, 11) is 0. The molecule has 0 aliphatic rings. The van der Waals surface area contributed by atoms with Crippen LogP contribution in [0.2, 0.25) is 5.02 Å². The number of pyridine rings is 1. The summed E-state index contributed by atoms with van der Waals surface area (Å²) in [6.45, 7) is 2.77. The maximum atomic E-state index is 13.7. The molecule has 3 rings (SSSR count). The number of ether oxygens (including phenoxy) is 1. The number of halogens is 3. The summed E-state index contributed by atoms with van der Waals surface area (Å²) < 4.78 is 34.6. The zero-order valence-corrected chi connectivity index (χ0v) is 15.1. The lowest BCUT2D eigenvalue weighted by Gasteiger charge is -2.13. The quantitative estimate of drug-likeness (QED) is 0.680. The van der Waals surface area contributed by atoms with Crippen LogP contribution in [-0.2, 0) is 6.61 Å². The van der Waals surface area contributed by atoms with E-state index in [2.05, 4.69) is 4.98 Å². The molecule has 6 nitrogen and oxygen atoms in total. The van der Waals surface area contributed by atoms with Gasteiger partial charge in [0.1, 0.15) is 35.3 Å². The van der Waals surface area contributed by atoms with Crippen LogP contribution in [0.25, 0.3) is 5.82 Å². The lowest BCUT2D eigenvalue weighted by Crippen LogP contribution is -2.22. The normalized spacial score (nSPS) is 10.9. The van der Waals surface area contributed by atoms with Gasteiger partial charge < -0.3 is 4.74 Å². The van der Waals surface area contributed by atoms with Gasteiger partial charge in [-0.2, -0.15) is 0 Å². The van der Waals surface area contributed by atoms with Crippen molar-refractivity contribution in [2.45, 2.75) is 20.5 Å². The summed E-state index contributed by atoms with van der Waals surface area (Å²) in [5, 5.41) is -0.222. The number of aromatic nitrogens is 3. The van der Waals surface area contributed by atoms with Crippen LogP contribution in [0.3, 0.4) is 0 Å².